The van der Waals surface area contributed by atoms with Gasteiger partial charge in [-0.15, -0.1) is 0 Å². The number of rotatable bonds is 9. The van der Waals surface area contributed by atoms with Gasteiger partial charge in [-0.3, -0.25) is 0 Å². The van der Waals surface area contributed by atoms with Gasteiger partial charge >= 0.3 is 0 Å². The second kappa shape index (κ2) is 8.11. The van der Waals surface area contributed by atoms with Gasteiger partial charge < -0.3 is 10.6 Å². The van der Waals surface area contributed by atoms with E-state index in [0.717, 1.165) is 37.2 Å². The molecule has 4 heteroatoms. The van der Waals surface area contributed by atoms with Crippen molar-refractivity contribution in [2.24, 2.45) is 0 Å². The van der Waals surface area contributed by atoms with E-state index in [-0.39, 0.29) is 0 Å². The lowest BCUT2D eigenvalue weighted by Crippen LogP contribution is -2.37. The van der Waals surface area contributed by atoms with Gasteiger partial charge in [-0.1, -0.05) is 25.3 Å². The number of nitrogen functional groups attached to an aromatic ring is 1. The predicted octanol–water partition coefficient (Wildman–Crippen LogP) is 4.00. The number of fused-ring (bicyclic) bond motifs is 1. The average Bonchev–Trinajstić information content (AvgIpc) is 2.83. The minimum absolute atomic E-state index is 0.707. The van der Waals surface area contributed by atoms with Crippen molar-refractivity contribution < 1.29 is 0 Å². The van der Waals surface area contributed by atoms with E-state index in [9.17, 15) is 0 Å². The first-order valence-corrected chi connectivity index (χ1v) is 9.75. The number of allylic oxidation sites excluding steroid dienone is 2. The molecule has 0 radical (unpaired) electrons. The molecule has 2 heterocycles. The fourth-order valence-electron chi connectivity index (χ4n) is 3.75. The fraction of sp³-hybridized carbons (Fsp3) is 0.700. The highest BCUT2D eigenvalue weighted by Gasteiger charge is 2.24. The summed E-state index contributed by atoms with van der Waals surface area (Å²) in [6, 6.07) is 0. The van der Waals surface area contributed by atoms with Gasteiger partial charge in [-0.2, -0.15) is 0 Å². The highest BCUT2D eigenvalue weighted by Crippen LogP contribution is 2.37. The van der Waals surface area contributed by atoms with Gasteiger partial charge in [0.2, 0.25) is 0 Å². The second-order valence-corrected chi connectivity index (χ2v) is 7.40. The molecule has 2 aliphatic rings. The summed E-state index contributed by atoms with van der Waals surface area (Å²) in [6.07, 6.45) is 10.6. The molecule has 0 atom stereocenters. The first-order valence-electron chi connectivity index (χ1n) is 9.75. The van der Waals surface area contributed by atoms with Crippen LogP contribution in [-0.2, 0) is 12.8 Å². The van der Waals surface area contributed by atoms with Crippen molar-refractivity contribution in [2.45, 2.75) is 71.6 Å². The molecule has 24 heavy (non-hydrogen) atoms. The molecule has 0 unspecified atom stereocenters. The number of aryl methyl sites for hydroxylation is 1. The Morgan fingerprint density at radius 2 is 1.88 bits per heavy atom. The van der Waals surface area contributed by atoms with Gasteiger partial charge in [0, 0.05) is 12.0 Å². The number of hydrogen-bond acceptors (Lipinski definition) is 4. The summed E-state index contributed by atoms with van der Waals surface area (Å²) in [5.74, 6) is 1.64. The van der Waals surface area contributed by atoms with E-state index < -0.39 is 0 Å². The van der Waals surface area contributed by atoms with Crippen LogP contribution >= 0.6 is 0 Å². The Morgan fingerprint density at radius 3 is 2.58 bits per heavy atom. The molecule has 1 aromatic heterocycles. The van der Waals surface area contributed by atoms with E-state index in [2.05, 4.69) is 23.7 Å². The monoisotopic (exact) mass is 328 g/mol. The third kappa shape index (κ3) is 3.97. The largest absolute Gasteiger partial charge is 0.383 e. The van der Waals surface area contributed by atoms with Gasteiger partial charge in [0.05, 0.1) is 5.69 Å². The van der Waals surface area contributed by atoms with Crippen molar-refractivity contribution in [2.75, 3.05) is 25.4 Å². The molecule has 0 aromatic carbocycles. The van der Waals surface area contributed by atoms with Crippen LogP contribution in [0.3, 0.4) is 0 Å². The first kappa shape index (κ1) is 17.4. The van der Waals surface area contributed by atoms with Crippen molar-refractivity contribution in [1.82, 2.24) is 14.9 Å². The lowest BCUT2D eigenvalue weighted by Gasteiger charge is -2.30. The lowest BCUT2D eigenvalue weighted by molar-refractivity contribution is 0.178. The Morgan fingerprint density at radius 1 is 1.04 bits per heavy atom. The van der Waals surface area contributed by atoms with Crippen LogP contribution < -0.4 is 5.73 Å². The smallest absolute Gasteiger partial charge is 0.131 e. The molecule has 1 aliphatic heterocycles. The topological polar surface area (TPSA) is 55.0 Å². The Hall–Kier alpha value is -1.42. The van der Waals surface area contributed by atoms with Crippen molar-refractivity contribution in [3.8, 4) is 0 Å². The van der Waals surface area contributed by atoms with E-state index in [4.69, 9.17) is 10.7 Å². The van der Waals surface area contributed by atoms with Gasteiger partial charge in [-0.05, 0) is 70.7 Å². The summed E-state index contributed by atoms with van der Waals surface area (Å²) in [6.45, 7) is 8.35. The summed E-state index contributed by atoms with van der Waals surface area (Å²) in [5.41, 5.74) is 11.4. The number of hydrogen-bond donors (Lipinski definition) is 1. The SMILES string of the molecule is CCCCc1nc(N)c2c(n1)C(CCCCCN1CCC1)=C(C)C2. The highest BCUT2D eigenvalue weighted by molar-refractivity contribution is 5.76. The molecule has 0 spiro atoms. The Balaban J connectivity index is 1.58. The molecule has 0 amide bonds. The third-order valence-electron chi connectivity index (χ3n) is 5.43. The number of anilines is 1. The van der Waals surface area contributed by atoms with E-state index in [1.165, 1.54) is 68.4 Å². The zero-order valence-electron chi connectivity index (χ0n) is 15.4. The van der Waals surface area contributed by atoms with Crippen LogP contribution in [0, 0.1) is 0 Å². The van der Waals surface area contributed by atoms with Crippen LogP contribution in [0.15, 0.2) is 5.57 Å². The number of nitrogens with two attached hydrogens (primary N) is 1. The maximum atomic E-state index is 6.22. The van der Waals surface area contributed by atoms with E-state index in [1.807, 2.05) is 0 Å². The molecule has 0 bridgehead atoms. The zero-order chi connectivity index (χ0) is 16.9. The normalized spacial score (nSPS) is 17.2. The predicted molar refractivity (Wildman–Crippen MR) is 101 cm³/mol. The zero-order valence-corrected chi connectivity index (χ0v) is 15.4. The number of likely N-dealkylation sites (tertiary alicyclic amines) is 1. The van der Waals surface area contributed by atoms with Crippen LogP contribution in [0.25, 0.3) is 5.57 Å². The Labute approximate surface area is 146 Å². The molecule has 1 saturated heterocycles. The fourth-order valence-corrected chi connectivity index (χ4v) is 3.75. The summed E-state index contributed by atoms with van der Waals surface area (Å²) in [7, 11) is 0. The van der Waals surface area contributed by atoms with Crippen LogP contribution in [0.5, 0.6) is 0 Å². The second-order valence-electron chi connectivity index (χ2n) is 7.40. The van der Waals surface area contributed by atoms with E-state index in [0.29, 0.717) is 5.82 Å². The Kier molecular flexibility index (Phi) is 5.88. The standard InChI is InChI=1S/C20H32N4/c1-3-4-10-18-22-19-16(15(2)14-17(19)20(21)23-18)9-6-5-7-11-24-12-8-13-24/h3-14H2,1-2H3,(H2,21,22,23). The molecule has 3 rings (SSSR count). The molecule has 132 valence electrons. The molecule has 0 saturated carbocycles. The Bertz CT molecular complexity index is 602. The third-order valence-corrected chi connectivity index (χ3v) is 5.43. The first-order chi connectivity index (χ1) is 11.7. The van der Waals surface area contributed by atoms with E-state index >= 15 is 0 Å². The molecule has 1 aliphatic carbocycles. The van der Waals surface area contributed by atoms with Gasteiger partial charge in [-0.25, -0.2) is 9.97 Å². The van der Waals surface area contributed by atoms with Gasteiger partial charge in [0.1, 0.15) is 11.6 Å². The summed E-state index contributed by atoms with van der Waals surface area (Å²) >= 11 is 0. The van der Waals surface area contributed by atoms with Crippen molar-refractivity contribution in [3.05, 3.63) is 22.7 Å². The maximum Gasteiger partial charge on any atom is 0.131 e. The number of nitrogens with zero attached hydrogens (tertiary/aromatic N) is 3. The number of aromatic nitrogens is 2. The van der Waals surface area contributed by atoms with Gasteiger partial charge in [0.15, 0.2) is 0 Å². The minimum atomic E-state index is 0.707. The average molecular weight is 329 g/mol. The van der Waals surface area contributed by atoms with Crippen LogP contribution in [0.4, 0.5) is 5.82 Å². The maximum absolute atomic E-state index is 6.22. The van der Waals surface area contributed by atoms with Crippen molar-refractivity contribution >= 4 is 11.4 Å². The molecule has 4 nitrogen and oxygen atoms in total. The molecule has 1 aromatic rings. The minimum Gasteiger partial charge on any atom is -0.383 e. The quantitative estimate of drug-likeness (QED) is 0.696. The van der Waals surface area contributed by atoms with E-state index in [1.54, 1.807) is 0 Å². The number of unbranched alkanes of at least 4 members (excludes halogenated alkanes) is 3. The van der Waals surface area contributed by atoms with Gasteiger partial charge in [0.25, 0.3) is 0 Å². The van der Waals surface area contributed by atoms with Crippen LogP contribution in [-0.4, -0.2) is 34.5 Å². The molecule has 2 N–H and O–H groups in total. The summed E-state index contributed by atoms with van der Waals surface area (Å²) in [4.78, 5) is 12.0. The van der Waals surface area contributed by atoms with Crippen molar-refractivity contribution in [1.29, 1.82) is 0 Å². The molecule has 1 fully saturated rings. The van der Waals surface area contributed by atoms with Crippen LogP contribution in [0.2, 0.25) is 0 Å². The summed E-state index contributed by atoms with van der Waals surface area (Å²) < 4.78 is 0. The highest BCUT2D eigenvalue weighted by atomic mass is 15.2. The lowest BCUT2D eigenvalue weighted by atomic mass is 10.0. The van der Waals surface area contributed by atoms with Crippen molar-refractivity contribution in [3.63, 3.8) is 0 Å². The molecular formula is C20H32N4. The van der Waals surface area contributed by atoms with Crippen LogP contribution in [0.1, 0.15) is 75.9 Å². The molecular weight excluding hydrogens is 296 g/mol. The summed E-state index contributed by atoms with van der Waals surface area (Å²) in [5, 5.41) is 0.